The molecule has 2 aromatic heterocycles. The van der Waals surface area contributed by atoms with Gasteiger partial charge in [-0.2, -0.15) is 0 Å². The summed E-state index contributed by atoms with van der Waals surface area (Å²) in [5.41, 5.74) is 4.46. The van der Waals surface area contributed by atoms with Crippen molar-refractivity contribution in [3.63, 3.8) is 0 Å². The van der Waals surface area contributed by atoms with Gasteiger partial charge in [-0.25, -0.2) is 8.10 Å². The normalized spacial score (nSPS) is 19.6. The molecule has 2 aromatic rings. The summed E-state index contributed by atoms with van der Waals surface area (Å²) in [6, 6.07) is 2.29. The van der Waals surface area contributed by atoms with Gasteiger partial charge in [-0.1, -0.05) is 5.57 Å². The van der Waals surface area contributed by atoms with Crippen LogP contribution in [0.15, 0.2) is 29.4 Å². The Kier molecular flexibility index (Phi) is 3.44. The van der Waals surface area contributed by atoms with Crippen LogP contribution in [0.3, 0.4) is 0 Å². The third kappa shape index (κ3) is 2.16. The molecule has 4 rings (SSSR count). The molecule has 0 aromatic carbocycles. The number of hydrogen-bond donors (Lipinski definition) is 0. The van der Waals surface area contributed by atoms with E-state index in [1.54, 1.807) is 5.57 Å². The first-order chi connectivity index (χ1) is 9.83. The maximum absolute atomic E-state index is 4.67. The van der Waals surface area contributed by atoms with Crippen molar-refractivity contribution in [2.45, 2.75) is 25.8 Å². The monoisotopic (exact) mass is 397 g/mol. The van der Waals surface area contributed by atoms with Gasteiger partial charge in [0.2, 0.25) is 0 Å². The first-order valence-electron chi connectivity index (χ1n) is 7.04. The number of halogens is 1. The molecule has 0 aliphatic carbocycles. The summed E-state index contributed by atoms with van der Waals surface area (Å²) in [6.45, 7) is 3.36. The Morgan fingerprint density at radius 3 is 2.85 bits per heavy atom. The lowest BCUT2D eigenvalue weighted by molar-refractivity contribution is 0.468. The van der Waals surface area contributed by atoms with Crippen LogP contribution in [0.4, 0.5) is 0 Å². The van der Waals surface area contributed by atoms with Crippen LogP contribution >= 0.6 is 34.2 Å². The number of piperidine rings is 1. The zero-order valence-corrected chi connectivity index (χ0v) is 14.2. The van der Waals surface area contributed by atoms with E-state index in [2.05, 4.69) is 53.2 Å². The second-order valence-electron chi connectivity index (χ2n) is 5.34. The third-order valence-corrected chi connectivity index (χ3v) is 6.15. The number of hydrogen-bond acceptors (Lipinski definition) is 3. The average molecular weight is 397 g/mol. The highest BCUT2D eigenvalue weighted by Gasteiger charge is 2.25. The largest absolute Gasteiger partial charge is 0.331 e. The highest BCUT2D eigenvalue weighted by molar-refractivity contribution is 14.1. The van der Waals surface area contributed by atoms with E-state index in [0.29, 0.717) is 0 Å². The summed E-state index contributed by atoms with van der Waals surface area (Å²) in [6.07, 6.45) is 7.53. The molecule has 0 atom stereocenters. The molecule has 3 nitrogen and oxygen atoms in total. The minimum Gasteiger partial charge on any atom is -0.331 e. The fourth-order valence-electron chi connectivity index (χ4n) is 3.17. The summed E-state index contributed by atoms with van der Waals surface area (Å²) < 4.78 is 4.71. The van der Waals surface area contributed by atoms with Crippen molar-refractivity contribution < 1.29 is 0 Å². The fourth-order valence-corrected chi connectivity index (χ4v) is 4.52. The molecular weight excluding hydrogens is 381 g/mol. The van der Waals surface area contributed by atoms with E-state index in [-0.39, 0.29) is 0 Å². The highest BCUT2D eigenvalue weighted by atomic mass is 127. The number of imidazole rings is 1. The molecule has 1 saturated heterocycles. The van der Waals surface area contributed by atoms with Gasteiger partial charge >= 0.3 is 0 Å². The molecule has 0 bridgehead atoms. The van der Waals surface area contributed by atoms with E-state index in [1.165, 1.54) is 34.7 Å². The number of nitrogens with zero attached hydrogens (tertiary/aromatic N) is 3. The molecule has 0 saturated carbocycles. The third-order valence-electron chi connectivity index (χ3n) is 4.20. The van der Waals surface area contributed by atoms with Crippen LogP contribution in [0.5, 0.6) is 0 Å². The SMILES string of the molecule is IN1CCC(=C2c3ccsc3CCn3ccnc32)CC1. The van der Waals surface area contributed by atoms with Gasteiger partial charge in [0.1, 0.15) is 5.82 Å². The van der Waals surface area contributed by atoms with Crippen LogP contribution in [-0.4, -0.2) is 25.8 Å². The van der Waals surface area contributed by atoms with Gasteiger partial charge in [0.05, 0.1) is 0 Å². The standard InChI is InChI=1S/C15H16IN3S/c16-19-7-1-11(2-8-19)14-12-4-10-20-13(12)3-6-18-9-5-17-15(14)18/h4-5,9-10H,1-3,6-8H2. The topological polar surface area (TPSA) is 21.1 Å². The summed E-state index contributed by atoms with van der Waals surface area (Å²) in [4.78, 5) is 6.19. The number of aryl methyl sites for hydroxylation is 2. The summed E-state index contributed by atoms with van der Waals surface area (Å²) in [5, 5.41) is 2.23. The second kappa shape index (κ2) is 5.27. The molecule has 0 N–H and O–H groups in total. The van der Waals surface area contributed by atoms with Crippen molar-refractivity contribution in [2.75, 3.05) is 13.1 Å². The number of aromatic nitrogens is 2. The molecule has 20 heavy (non-hydrogen) atoms. The van der Waals surface area contributed by atoms with Gasteiger partial charge in [0.15, 0.2) is 0 Å². The molecule has 2 aliphatic heterocycles. The van der Waals surface area contributed by atoms with Crippen LogP contribution in [0.25, 0.3) is 5.57 Å². The number of rotatable bonds is 0. The lowest BCUT2D eigenvalue weighted by Gasteiger charge is -2.24. The van der Waals surface area contributed by atoms with Gasteiger partial charge in [-0.15, -0.1) is 11.3 Å². The zero-order chi connectivity index (χ0) is 13.5. The smallest absolute Gasteiger partial charge is 0.140 e. The molecule has 0 amide bonds. The Hall–Kier alpha value is -0.660. The Bertz CT molecular complexity index is 616. The predicted molar refractivity (Wildman–Crippen MR) is 91.1 cm³/mol. The van der Waals surface area contributed by atoms with E-state index < -0.39 is 0 Å². The van der Waals surface area contributed by atoms with Crippen molar-refractivity contribution in [1.29, 1.82) is 0 Å². The maximum atomic E-state index is 4.67. The van der Waals surface area contributed by atoms with Crippen molar-refractivity contribution in [2.24, 2.45) is 0 Å². The average Bonchev–Trinajstić information content (AvgIpc) is 3.07. The van der Waals surface area contributed by atoms with Crippen molar-refractivity contribution in [1.82, 2.24) is 12.7 Å². The van der Waals surface area contributed by atoms with E-state index in [1.807, 2.05) is 17.5 Å². The van der Waals surface area contributed by atoms with Gasteiger partial charge in [0, 0.05) is 71.8 Å². The minimum absolute atomic E-state index is 1.05. The van der Waals surface area contributed by atoms with Crippen LogP contribution in [0.2, 0.25) is 0 Å². The van der Waals surface area contributed by atoms with Crippen molar-refractivity contribution in [3.8, 4) is 0 Å². The van der Waals surface area contributed by atoms with Crippen LogP contribution in [0, 0.1) is 0 Å². The highest BCUT2D eigenvalue weighted by Crippen LogP contribution is 2.37. The molecule has 0 radical (unpaired) electrons. The summed E-state index contributed by atoms with van der Waals surface area (Å²) in [7, 11) is 0. The van der Waals surface area contributed by atoms with Gasteiger partial charge in [-0.05, 0) is 29.9 Å². The van der Waals surface area contributed by atoms with Gasteiger partial charge in [-0.3, -0.25) is 0 Å². The molecule has 104 valence electrons. The van der Waals surface area contributed by atoms with Gasteiger partial charge in [0.25, 0.3) is 0 Å². The Labute approximate surface area is 136 Å². The Morgan fingerprint density at radius 1 is 1.15 bits per heavy atom. The fraction of sp³-hybridized carbons (Fsp3) is 0.400. The van der Waals surface area contributed by atoms with E-state index in [0.717, 1.165) is 26.1 Å². The lowest BCUT2D eigenvalue weighted by Crippen LogP contribution is -2.22. The summed E-state index contributed by atoms with van der Waals surface area (Å²) >= 11 is 4.33. The van der Waals surface area contributed by atoms with Gasteiger partial charge < -0.3 is 4.57 Å². The van der Waals surface area contributed by atoms with E-state index >= 15 is 0 Å². The second-order valence-corrected chi connectivity index (χ2v) is 7.71. The molecule has 5 heteroatoms. The first kappa shape index (κ1) is 13.0. The molecule has 2 aliphatic rings. The van der Waals surface area contributed by atoms with Crippen molar-refractivity contribution in [3.05, 3.63) is 45.7 Å². The summed E-state index contributed by atoms with van der Waals surface area (Å²) in [5.74, 6) is 1.18. The number of fused-ring (bicyclic) bond motifs is 2. The van der Waals surface area contributed by atoms with Crippen LogP contribution in [0.1, 0.15) is 29.1 Å². The molecule has 0 unspecified atom stereocenters. The molecule has 1 fully saturated rings. The molecule has 0 spiro atoms. The lowest BCUT2D eigenvalue weighted by atomic mass is 9.93. The van der Waals surface area contributed by atoms with Crippen LogP contribution in [-0.2, 0) is 13.0 Å². The minimum atomic E-state index is 1.05. The zero-order valence-electron chi connectivity index (χ0n) is 11.2. The van der Waals surface area contributed by atoms with E-state index in [9.17, 15) is 0 Å². The van der Waals surface area contributed by atoms with Crippen molar-refractivity contribution >= 4 is 39.8 Å². The Morgan fingerprint density at radius 2 is 2.00 bits per heavy atom. The molecular formula is C15H16IN3S. The quantitative estimate of drug-likeness (QED) is 0.499. The Balaban J connectivity index is 1.89. The first-order valence-corrected chi connectivity index (χ1v) is 8.88. The number of thiophene rings is 1. The van der Waals surface area contributed by atoms with E-state index in [4.69, 9.17) is 0 Å². The maximum Gasteiger partial charge on any atom is 0.140 e. The van der Waals surface area contributed by atoms with Crippen LogP contribution < -0.4 is 0 Å². The predicted octanol–water partition coefficient (Wildman–Crippen LogP) is 3.75. The molecule has 4 heterocycles.